The van der Waals surface area contributed by atoms with Crippen LogP contribution in [0.5, 0.6) is 11.5 Å². The molecule has 0 aromatic heterocycles. The maximum Gasteiger partial charge on any atom is 0.323 e. The average molecular weight is 525 g/mol. The van der Waals surface area contributed by atoms with Crippen molar-refractivity contribution in [3.63, 3.8) is 0 Å². The van der Waals surface area contributed by atoms with Crippen molar-refractivity contribution < 1.29 is 29.0 Å². The van der Waals surface area contributed by atoms with Crippen LogP contribution in [-0.2, 0) is 16.2 Å². The molecule has 0 bridgehead atoms. The van der Waals surface area contributed by atoms with Crippen LogP contribution in [0.1, 0.15) is 11.1 Å². The number of ether oxygens (including phenoxy) is 2. The molecule has 9 heteroatoms. The lowest BCUT2D eigenvalue weighted by Crippen LogP contribution is -2.33. The van der Waals surface area contributed by atoms with Crippen LogP contribution in [0.25, 0.3) is 6.08 Å². The van der Waals surface area contributed by atoms with E-state index in [4.69, 9.17) is 14.6 Å². The van der Waals surface area contributed by atoms with Crippen LogP contribution in [0.2, 0.25) is 0 Å². The molecular weight excluding hydrogens is 509 g/mol. The van der Waals surface area contributed by atoms with Gasteiger partial charge in [-0.25, -0.2) is 0 Å². The highest BCUT2D eigenvalue weighted by molar-refractivity contribution is 14.1. The Labute approximate surface area is 184 Å². The maximum atomic E-state index is 12.3. The van der Waals surface area contributed by atoms with Gasteiger partial charge in [-0.1, -0.05) is 30.3 Å². The highest BCUT2D eigenvalue weighted by Crippen LogP contribution is 2.37. The SMILES string of the molecule is COc1cc(/C=C2/SC(=O)N(CC(=O)O)C2=O)cc(I)c1OCc1ccccc1. The van der Waals surface area contributed by atoms with Crippen molar-refractivity contribution >= 4 is 57.5 Å². The highest BCUT2D eigenvalue weighted by atomic mass is 127. The number of halogens is 1. The third-order valence-electron chi connectivity index (χ3n) is 3.94. The fraction of sp³-hybridized carbons (Fsp3) is 0.150. The first-order chi connectivity index (χ1) is 13.9. The number of imide groups is 1. The minimum atomic E-state index is -1.25. The molecule has 0 atom stereocenters. The molecule has 1 heterocycles. The van der Waals surface area contributed by atoms with Crippen molar-refractivity contribution in [1.29, 1.82) is 0 Å². The number of hydrogen-bond acceptors (Lipinski definition) is 6. The van der Waals surface area contributed by atoms with Crippen LogP contribution < -0.4 is 9.47 Å². The molecule has 0 radical (unpaired) electrons. The molecule has 0 aliphatic carbocycles. The van der Waals surface area contributed by atoms with Crippen molar-refractivity contribution in [1.82, 2.24) is 4.90 Å². The number of carboxylic acids is 1. The number of methoxy groups -OCH3 is 1. The van der Waals surface area contributed by atoms with Crippen LogP contribution in [0.3, 0.4) is 0 Å². The monoisotopic (exact) mass is 525 g/mol. The van der Waals surface area contributed by atoms with Crippen LogP contribution in [0, 0.1) is 3.57 Å². The second-order valence-corrected chi connectivity index (χ2v) is 8.13. The number of thioether (sulfide) groups is 1. The first-order valence-electron chi connectivity index (χ1n) is 8.40. The van der Waals surface area contributed by atoms with Crippen LogP contribution in [0.15, 0.2) is 47.4 Å². The van der Waals surface area contributed by atoms with Crippen molar-refractivity contribution in [2.75, 3.05) is 13.7 Å². The number of hydrogen-bond donors (Lipinski definition) is 1. The van der Waals surface area contributed by atoms with Gasteiger partial charge in [-0.15, -0.1) is 0 Å². The van der Waals surface area contributed by atoms with Crippen molar-refractivity contribution in [2.45, 2.75) is 6.61 Å². The standard InChI is InChI=1S/C20H16INO6S/c1-27-15-8-13(9-16-19(25)22(10-17(23)24)20(26)29-16)7-14(21)18(15)28-11-12-5-3-2-4-6-12/h2-9H,10-11H2,1H3,(H,23,24)/b16-9+. The molecule has 1 N–H and O–H groups in total. The molecule has 3 rings (SSSR count). The largest absolute Gasteiger partial charge is 0.493 e. The summed E-state index contributed by atoms with van der Waals surface area (Å²) in [5.41, 5.74) is 1.65. The zero-order chi connectivity index (χ0) is 21.0. The van der Waals surface area contributed by atoms with Gasteiger partial charge in [0.1, 0.15) is 13.2 Å². The number of benzene rings is 2. The minimum Gasteiger partial charge on any atom is -0.493 e. The third-order valence-corrected chi connectivity index (χ3v) is 5.65. The van der Waals surface area contributed by atoms with E-state index in [0.717, 1.165) is 9.13 Å². The summed E-state index contributed by atoms with van der Waals surface area (Å²) >= 11 is 2.82. The molecular formula is C20H16INO6S. The summed E-state index contributed by atoms with van der Waals surface area (Å²) < 4.78 is 12.1. The number of nitrogens with zero attached hydrogens (tertiary/aromatic N) is 1. The lowest BCUT2D eigenvalue weighted by molar-refractivity contribution is -0.140. The number of carbonyl (C=O) groups excluding carboxylic acids is 2. The van der Waals surface area contributed by atoms with Crippen LogP contribution >= 0.6 is 34.4 Å². The van der Waals surface area contributed by atoms with E-state index in [0.29, 0.717) is 40.3 Å². The van der Waals surface area contributed by atoms with Gasteiger partial charge < -0.3 is 14.6 Å². The Morgan fingerprint density at radius 3 is 2.62 bits per heavy atom. The zero-order valence-electron chi connectivity index (χ0n) is 15.3. The predicted molar refractivity (Wildman–Crippen MR) is 117 cm³/mol. The van der Waals surface area contributed by atoms with E-state index in [9.17, 15) is 14.4 Å². The third kappa shape index (κ3) is 5.10. The van der Waals surface area contributed by atoms with Gasteiger partial charge >= 0.3 is 5.97 Å². The smallest absolute Gasteiger partial charge is 0.323 e. The number of rotatable bonds is 7. The van der Waals surface area contributed by atoms with Gasteiger partial charge in [-0.05, 0) is 63.7 Å². The Balaban J connectivity index is 1.83. The Morgan fingerprint density at radius 2 is 1.97 bits per heavy atom. The molecule has 1 fully saturated rings. The summed E-state index contributed by atoms with van der Waals surface area (Å²) in [6.45, 7) is -0.282. The first kappa shape index (κ1) is 21.2. The normalized spacial score (nSPS) is 15.1. The fourth-order valence-electron chi connectivity index (χ4n) is 2.62. The lowest BCUT2D eigenvalue weighted by atomic mass is 10.1. The number of amides is 2. The molecule has 0 unspecified atom stereocenters. The molecule has 0 spiro atoms. The Kier molecular flexibility index (Phi) is 6.80. The topological polar surface area (TPSA) is 93.1 Å². The van der Waals surface area contributed by atoms with E-state index in [1.54, 1.807) is 18.2 Å². The maximum absolute atomic E-state index is 12.3. The van der Waals surface area contributed by atoms with E-state index in [-0.39, 0.29) is 4.91 Å². The Bertz CT molecular complexity index is 992. The van der Waals surface area contributed by atoms with E-state index in [2.05, 4.69) is 22.6 Å². The van der Waals surface area contributed by atoms with Crippen molar-refractivity contribution in [3.05, 3.63) is 62.1 Å². The molecule has 1 aliphatic heterocycles. The van der Waals surface area contributed by atoms with Gasteiger partial charge in [0.15, 0.2) is 11.5 Å². The fourth-order valence-corrected chi connectivity index (χ4v) is 4.24. The van der Waals surface area contributed by atoms with E-state index >= 15 is 0 Å². The molecule has 2 amide bonds. The van der Waals surface area contributed by atoms with Gasteiger partial charge in [0.2, 0.25) is 0 Å². The van der Waals surface area contributed by atoms with Gasteiger partial charge in [0.05, 0.1) is 15.6 Å². The second kappa shape index (κ2) is 9.31. The molecule has 29 heavy (non-hydrogen) atoms. The number of carboxylic acid groups (broad SMARTS) is 1. The summed E-state index contributed by atoms with van der Waals surface area (Å²) in [5, 5.41) is 8.24. The molecule has 1 saturated heterocycles. The van der Waals surface area contributed by atoms with E-state index in [1.165, 1.54) is 7.11 Å². The molecule has 7 nitrogen and oxygen atoms in total. The highest BCUT2D eigenvalue weighted by Gasteiger charge is 2.36. The first-order valence-corrected chi connectivity index (χ1v) is 10.3. The average Bonchev–Trinajstić information content (AvgIpc) is 2.94. The van der Waals surface area contributed by atoms with E-state index in [1.807, 2.05) is 30.3 Å². The van der Waals surface area contributed by atoms with Crippen molar-refractivity contribution in [2.24, 2.45) is 0 Å². The summed E-state index contributed by atoms with van der Waals surface area (Å²) in [4.78, 5) is 35.9. The number of aliphatic carboxylic acids is 1. The summed E-state index contributed by atoms with van der Waals surface area (Å²) in [6, 6.07) is 13.2. The van der Waals surface area contributed by atoms with Gasteiger partial charge in [0.25, 0.3) is 11.1 Å². The Morgan fingerprint density at radius 1 is 1.24 bits per heavy atom. The van der Waals surface area contributed by atoms with Crippen LogP contribution in [0.4, 0.5) is 4.79 Å². The zero-order valence-corrected chi connectivity index (χ0v) is 18.2. The van der Waals surface area contributed by atoms with Gasteiger partial charge in [-0.3, -0.25) is 19.3 Å². The predicted octanol–water partition coefficient (Wildman–Crippen LogP) is 4.00. The van der Waals surface area contributed by atoms with Crippen LogP contribution in [-0.4, -0.2) is 40.8 Å². The second-order valence-electron chi connectivity index (χ2n) is 5.97. The molecule has 2 aromatic carbocycles. The van der Waals surface area contributed by atoms with Gasteiger partial charge in [-0.2, -0.15) is 0 Å². The van der Waals surface area contributed by atoms with Crippen molar-refractivity contribution in [3.8, 4) is 11.5 Å². The summed E-state index contributed by atoms with van der Waals surface area (Å²) in [5.74, 6) is -0.803. The Hall–Kier alpha value is -2.53. The number of carbonyl (C=O) groups is 3. The molecule has 2 aromatic rings. The van der Waals surface area contributed by atoms with E-state index < -0.39 is 23.7 Å². The molecule has 0 saturated carbocycles. The molecule has 1 aliphatic rings. The minimum absolute atomic E-state index is 0.159. The van der Waals surface area contributed by atoms with Gasteiger partial charge in [0, 0.05) is 0 Å². The molecule has 150 valence electrons. The lowest BCUT2D eigenvalue weighted by Gasteiger charge is -2.14. The quantitative estimate of drug-likeness (QED) is 0.432. The summed E-state index contributed by atoms with van der Waals surface area (Å²) in [7, 11) is 1.52. The summed E-state index contributed by atoms with van der Waals surface area (Å²) in [6.07, 6.45) is 1.54.